The quantitative estimate of drug-likeness (QED) is 0.902. The highest BCUT2D eigenvalue weighted by molar-refractivity contribution is 6.33. The third-order valence-electron chi connectivity index (χ3n) is 2.72. The molecule has 2 aromatic rings. The Hall–Kier alpha value is -1.48. The Balaban J connectivity index is 2.07. The number of nitrogens with zero attached hydrogens (tertiary/aromatic N) is 2. The Morgan fingerprint density at radius 1 is 1.35 bits per heavy atom. The van der Waals surface area contributed by atoms with Crippen LogP contribution in [0.15, 0.2) is 30.3 Å². The fourth-order valence-corrected chi connectivity index (χ4v) is 1.90. The minimum absolute atomic E-state index is 0.729. The van der Waals surface area contributed by atoms with Gasteiger partial charge in [-0.05, 0) is 24.6 Å². The van der Waals surface area contributed by atoms with Gasteiger partial charge in [-0.25, -0.2) is 0 Å². The Kier molecular flexibility index (Phi) is 3.69. The van der Waals surface area contributed by atoms with Gasteiger partial charge in [0.25, 0.3) is 0 Å². The number of para-hydroxylation sites is 1. The first-order chi connectivity index (χ1) is 8.20. The zero-order valence-corrected chi connectivity index (χ0v) is 10.8. The highest BCUT2D eigenvalue weighted by Gasteiger charge is 2.04. The lowest BCUT2D eigenvalue weighted by Crippen LogP contribution is -2.05. The van der Waals surface area contributed by atoms with Gasteiger partial charge in [0.2, 0.25) is 0 Å². The molecule has 0 amide bonds. The molecule has 0 atom stereocenters. The molecule has 0 saturated heterocycles. The summed E-state index contributed by atoms with van der Waals surface area (Å²) < 4.78 is 1.91. The van der Waals surface area contributed by atoms with Crippen molar-refractivity contribution < 1.29 is 0 Å². The van der Waals surface area contributed by atoms with Gasteiger partial charge in [0.05, 0.1) is 28.6 Å². The fourth-order valence-electron chi connectivity index (χ4n) is 1.70. The molecule has 0 bridgehead atoms. The normalized spacial score (nSPS) is 10.5. The minimum atomic E-state index is 0.729. The van der Waals surface area contributed by atoms with Gasteiger partial charge < -0.3 is 5.32 Å². The van der Waals surface area contributed by atoms with E-state index in [0.29, 0.717) is 0 Å². The maximum atomic E-state index is 6.08. The van der Waals surface area contributed by atoms with Crippen molar-refractivity contribution in [3.05, 3.63) is 46.7 Å². The van der Waals surface area contributed by atoms with E-state index in [0.717, 1.165) is 35.1 Å². The molecule has 90 valence electrons. The van der Waals surface area contributed by atoms with Crippen LogP contribution in [-0.4, -0.2) is 9.78 Å². The maximum absolute atomic E-state index is 6.08. The predicted octanol–water partition coefficient (Wildman–Crippen LogP) is 3.25. The van der Waals surface area contributed by atoms with E-state index in [1.165, 1.54) is 0 Å². The Labute approximate surface area is 106 Å². The molecule has 0 aliphatic rings. The van der Waals surface area contributed by atoms with Crippen molar-refractivity contribution in [1.29, 1.82) is 0 Å². The molecule has 0 aliphatic heterocycles. The van der Waals surface area contributed by atoms with E-state index in [2.05, 4.69) is 23.4 Å². The molecular formula is C13H16ClN3. The summed E-state index contributed by atoms with van der Waals surface area (Å²) in [6, 6.07) is 9.86. The molecule has 0 radical (unpaired) electrons. The molecule has 1 heterocycles. The summed E-state index contributed by atoms with van der Waals surface area (Å²) in [4.78, 5) is 0. The van der Waals surface area contributed by atoms with Gasteiger partial charge in [-0.1, -0.05) is 30.7 Å². The van der Waals surface area contributed by atoms with Gasteiger partial charge >= 0.3 is 0 Å². The van der Waals surface area contributed by atoms with Gasteiger partial charge in [-0.15, -0.1) is 0 Å². The van der Waals surface area contributed by atoms with E-state index in [1.54, 1.807) is 0 Å². The molecule has 0 spiro atoms. The second-order valence-electron chi connectivity index (χ2n) is 3.94. The number of benzene rings is 1. The van der Waals surface area contributed by atoms with Crippen molar-refractivity contribution in [2.24, 2.45) is 7.05 Å². The maximum Gasteiger partial charge on any atom is 0.0637 e. The van der Waals surface area contributed by atoms with Gasteiger partial charge in [0, 0.05) is 7.05 Å². The van der Waals surface area contributed by atoms with Crippen LogP contribution in [0, 0.1) is 0 Å². The summed E-state index contributed by atoms with van der Waals surface area (Å²) in [5.74, 6) is 0. The first-order valence-electron chi connectivity index (χ1n) is 5.71. The molecule has 1 N–H and O–H groups in total. The monoisotopic (exact) mass is 249 g/mol. The van der Waals surface area contributed by atoms with E-state index in [4.69, 9.17) is 11.6 Å². The van der Waals surface area contributed by atoms with Crippen molar-refractivity contribution in [2.45, 2.75) is 19.9 Å². The third-order valence-corrected chi connectivity index (χ3v) is 3.05. The Morgan fingerprint density at radius 2 is 2.12 bits per heavy atom. The summed E-state index contributed by atoms with van der Waals surface area (Å²) in [6.45, 7) is 2.83. The van der Waals surface area contributed by atoms with Crippen molar-refractivity contribution in [3.63, 3.8) is 0 Å². The van der Waals surface area contributed by atoms with Crippen LogP contribution in [0.4, 0.5) is 5.69 Å². The van der Waals surface area contributed by atoms with Crippen LogP contribution in [0.3, 0.4) is 0 Å². The van der Waals surface area contributed by atoms with E-state index in [1.807, 2.05) is 36.0 Å². The third kappa shape index (κ3) is 2.80. The van der Waals surface area contributed by atoms with Crippen LogP contribution in [-0.2, 0) is 20.0 Å². The molecule has 17 heavy (non-hydrogen) atoms. The predicted molar refractivity (Wildman–Crippen MR) is 71.4 cm³/mol. The number of halogens is 1. The highest BCUT2D eigenvalue weighted by atomic mass is 35.5. The number of hydrogen-bond acceptors (Lipinski definition) is 2. The molecule has 0 unspecified atom stereocenters. The summed E-state index contributed by atoms with van der Waals surface area (Å²) in [5.41, 5.74) is 3.22. The molecule has 0 fully saturated rings. The largest absolute Gasteiger partial charge is 0.378 e. The number of aromatic nitrogens is 2. The topological polar surface area (TPSA) is 29.9 Å². The van der Waals surface area contributed by atoms with Crippen LogP contribution >= 0.6 is 11.6 Å². The average Bonchev–Trinajstić information content (AvgIpc) is 2.69. The van der Waals surface area contributed by atoms with Gasteiger partial charge in [-0.2, -0.15) is 5.10 Å². The zero-order chi connectivity index (χ0) is 12.3. The molecule has 3 nitrogen and oxygen atoms in total. The molecular weight excluding hydrogens is 234 g/mol. The summed E-state index contributed by atoms with van der Waals surface area (Å²) >= 11 is 6.08. The first-order valence-corrected chi connectivity index (χ1v) is 6.08. The SMILES string of the molecule is CCc1cc(CNc2ccccc2Cl)n(C)n1. The van der Waals surface area contributed by atoms with Gasteiger partial charge in [0.1, 0.15) is 0 Å². The molecule has 4 heteroatoms. The Morgan fingerprint density at radius 3 is 2.76 bits per heavy atom. The summed E-state index contributed by atoms with van der Waals surface area (Å²) in [7, 11) is 1.96. The van der Waals surface area contributed by atoms with Crippen LogP contribution in [0.1, 0.15) is 18.3 Å². The second-order valence-corrected chi connectivity index (χ2v) is 4.34. The summed E-state index contributed by atoms with van der Waals surface area (Å²) in [5, 5.41) is 8.46. The van der Waals surface area contributed by atoms with Crippen LogP contribution in [0.25, 0.3) is 0 Å². The lowest BCUT2D eigenvalue weighted by molar-refractivity contribution is 0.707. The first kappa shape index (κ1) is 12.0. The number of aryl methyl sites for hydroxylation is 2. The molecule has 1 aromatic heterocycles. The van der Waals surface area contributed by atoms with E-state index in [-0.39, 0.29) is 0 Å². The Bertz CT molecular complexity index is 505. The van der Waals surface area contributed by atoms with E-state index < -0.39 is 0 Å². The van der Waals surface area contributed by atoms with Crippen LogP contribution < -0.4 is 5.32 Å². The lowest BCUT2D eigenvalue weighted by atomic mass is 10.3. The van der Waals surface area contributed by atoms with E-state index >= 15 is 0 Å². The molecule has 1 aromatic carbocycles. The number of hydrogen-bond donors (Lipinski definition) is 1. The number of nitrogens with one attached hydrogen (secondary N) is 1. The molecule has 2 rings (SSSR count). The number of rotatable bonds is 4. The molecule has 0 aliphatic carbocycles. The van der Waals surface area contributed by atoms with E-state index in [9.17, 15) is 0 Å². The van der Waals surface area contributed by atoms with Crippen molar-refractivity contribution in [3.8, 4) is 0 Å². The van der Waals surface area contributed by atoms with Crippen molar-refractivity contribution in [2.75, 3.05) is 5.32 Å². The van der Waals surface area contributed by atoms with Gasteiger partial charge in [-0.3, -0.25) is 4.68 Å². The van der Waals surface area contributed by atoms with Crippen molar-refractivity contribution in [1.82, 2.24) is 9.78 Å². The van der Waals surface area contributed by atoms with Crippen LogP contribution in [0.5, 0.6) is 0 Å². The smallest absolute Gasteiger partial charge is 0.0637 e. The van der Waals surface area contributed by atoms with Crippen molar-refractivity contribution >= 4 is 17.3 Å². The number of anilines is 1. The minimum Gasteiger partial charge on any atom is -0.378 e. The highest BCUT2D eigenvalue weighted by Crippen LogP contribution is 2.21. The zero-order valence-electron chi connectivity index (χ0n) is 10.1. The fraction of sp³-hybridized carbons (Fsp3) is 0.308. The standard InChI is InChI=1S/C13H16ClN3/c1-3-10-8-11(17(2)16-10)9-15-13-7-5-4-6-12(13)14/h4-8,15H,3,9H2,1-2H3. The summed E-state index contributed by atoms with van der Waals surface area (Å²) in [6.07, 6.45) is 0.958. The second kappa shape index (κ2) is 5.23. The average molecular weight is 250 g/mol. The van der Waals surface area contributed by atoms with Crippen LogP contribution in [0.2, 0.25) is 5.02 Å². The van der Waals surface area contributed by atoms with Gasteiger partial charge in [0.15, 0.2) is 0 Å². The molecule has 0 saturated carbocycles. The lowest BCUT2D eigenvalue weighted by Gasteiger charge is -2.07.